The number of carbonyl (C=O) groups is 1. The van der Waals surface area contributed by atoms with Crippen LogP contribution in [0.1, 0.15) is 43.2 Å². The third kappa shape index (κ3) is 2.90. The minimum atomic E-state index is -0.833. The van der Waals surface area contributed by atoms with Gasteiger partial charge < -0.3 is 19.3 Å². The van der Waals surface area contributed by atoms with Crippen LogP contribution in [-0.4, -0.2) is 32.4 Å². The number of benzene rings is 1. The molecule has 0 heterocycles. The lowest BCUT2D eigenvalue weighted by Gasteiger charge is -2.34. The van der Waals surface area contributed by atoms with Gasteiger partial charge in [0.05, 0.1) is 26.2 Å². The van der Waals surface area contributed by atoms with E-state index in [2.05, 4.69) is 0 Å². The highest BCUT2D eigenvalue weighted by molar-refractivity contribution is 5.82. The average Bonchev–Trinajstić information content (AvgIpc) is 2.54. The lowest BCUT2D eigenvalue weighted by molar-refractivity contribution is -0.145. The first-order valence-electron chi connectivity index (χ1n) is 7.56. The molecule has 0 atom stereocenters. The van der Waals surface area contributed by atoms with Crippen LogP contribution in [0.5, 0.6) is 11.5 Å². The number of aliphatic carboxylic acids is 1. The van der Waals surface area contributed by atoms with Gasteiger partial charge in [0.1, 0.15) is 0 Å². The van der Waals surface area contributed by atoms with E-state index in [1.807, 2.05) is 6.07 Å². The average molecular weight is 308 g/mol. The summed E-state index contributed by atoms with van der Waals surface area (Å²) in [5.74, 6) is 0.394. The Labute approximate surface area is 131 Å². The number of carboxylic acids is 1. The summed E-state index contributed by atoms with van der Waals surface area (Å²) in [6.45, 7) is 0.350. The third-order valence-corrected chi connectivity index (χ3v) is 4.52. The second kappa shape index (κ2) is 7.01. The van der Waals surface area contributed by atoms with Gasteiger partial charge in [-0.15, -0.1) is 0 Å². The van der Waals surface area contributed by atoms with Gasteiger partial charge in [-0.1, -0.05) is 19.3 Å². The summed E-state index contributed by atoms with van der Waals surface area (Å²) < 4.78 is 16.0. The first-order valence-corrected chi connectivity index (χ1v) is 7.56. The molecule has 0 radical (unpaired) electrons. The Bertz CT molecular complexity index is 532. The van der Waals surface area contributed by atoms with E-state index in [4.69, 9.17) is 14.2 Å². The molecule has 5 heteroatoms. The zero-order chi connectivity index (χ0) is 16.2. The molecule has 0 bridgehead atoms. The fraction of sp³-hybridized carbons (Fsp3) is 0.588. The molecule has 122 valence electrons. The highest BCUT2D eigenvalue weighted by Crippen LogP contribution is 2.44. The lowest BCUT2D eigenvalue weighted by Crippen LogP contribution is -2.38. The van der Waals surface area contributed by atoms with Crippen LogP contribution in [-0.2, 0) is 21.6 Å². The maximum Gasteiger partial charge on any atom is 0.314 e. The van der Waals surface area contributed by atoms with E-state index in [1.54, 1.807) is 27.4 Å². The van der Waals surface area contributed by atoms with Gasteiger partial charge in [0.25, 0.3) is 0 Å². The van der Waals surface area contributed by atoms with E-state index >= 15 is 0 Å². The lowest BCUT2D eigenvalue weighted by atomic mass is 9.69. The van der Waals surface area contributed by atoms with Crippen molar-refractivity contribution >= 4 is 5.97 Å². The topological polar surface area (TPSA) is 65.0 Å². The van der Waals surface area contributed by atoms with Crippen molar-refractivity contribution in [3.63, 3.8) is 0 Å². The van der Waals surface area contributed by atoms with Crippen LogP contribution in [0.25, 0.3) is 0 Å². The summed E-state index contributed by atoms with van der Waals surface area (Å²) in [4.78, 5) is 12.0. The van der Waals surface area contributed by atoms with Gasteiger partial charge in [-0.2, -0.15) is 0 Å². The number of hydrogen-bond donors (Lipinski definition) is 1. The molecule has 1 aliphatic rings. The van der Waals surface area contributed by atoms with Gasteiger partial charge >= 0.3 is 5.97 Å². The Morgan fingerprint density at radius 1 is 1.14 bits per heavy atom. The fourth-order valence-corrected chi connectivity index (χ4v) is 3.36. The second-order valence-electron chi connectivity index (χ2n) is 5.75. The van der Waals surface area contributed by atoms with Crippen molar-refractivity contribution in [3.05, 3.63) is 23.3 Å². The van der Waals surface area contributed by atoms with E-state index in [9.17, 15) is 9.90 Å². The van der Waals surface area contributed by atoms with Crippen molar-refractivity contribution in [2.75, 3.05) is 21.3 Å². The highest BCUT2D eigenvalue weighted by Gasteiger charge is 2.42. The number of rotatable bonds is 6. The molecule has 2 rings (SSSR count). The molecular formula is C17H24O5. The van der Waals surface area contributed by atoms with Crippen LogP contribution in [0.15, 0.2) is 12.1 Å². The molecule has 0 amide bonds. The second-order valence-corrected chi connectivity index (χ2v) is 5.75. The van der Waals surface area contributed by atoms with Crippen LogP contribution < -0.4 is 9.47 Å². The maximum atomic E-state index is 12.0. The zero-order valence-electron chi connectivity index (χ0n) is 13.5. The van der Waals surface area contributed by atoms with Crippen molar-refractivity contribution in [2.24, 2.45) is 0 Å². The molecule has 22 heavy (non-hydrogen) atoms. The number of methoxy groups -OCH3 is 3. The Morgan fingerprint density at radius 2 is 1.82 bits per heavy atom. The monoisotopic (exact) mass is 308 g/mol. The van der Waals surface area contributed by atoms with Gasteiger partial charge in [0, 0.05) is 12.7 Å². The Morgan fingerprint density at radius 3 is 2.32 bits per heavy atom. The van der Waals surface area contributed by atoms with Gasteiger partial charge in [-0.25, -0.2) is 0 Å². The molecular weight excluding hydrogens is 284 g/mol. The predicted molar refractivity (Wildman–Crippen MR) is 82.7 cm³/mol. The third-order valence-electron chi connectivity index (χ3n) is 4.52. The molecule has 1 aliphatic carbocycles. The van der Waals surface area contributed by atoms with Gasteiger partial charge in [0.15, 0.2) is 11.5 Å². The Balaban J connectivity index is 2.57. The molecule has 0 unspecified atom stereocenters. The normalized spacial score (nSPS) is 17.0. The van der Waals surface area contributed by atoms with Gasteiger partial charge in [-0.3, -0.25) is 4.79 Å². The van der Waals surface area contributed by atoms with E-state index in [0.29, 0.717) is 30.9 Å². The van der Waals surface area contributed by atoms with Crippen LogP contribution in [0, 0.1) is 0 Å². The van der Waals surface area contributed by atoms with Crippen molar-refractivity contribution in [1.82, 2.24) is 0 Å². The largest absolute Gasteiger partial charge is 0.493 e. The Hall–Kier alpha value is -1.75. The summed E-state index contributed by atoms with van der Waals surface area (Å²) in [6, 6.07) is 3.70. The standard InChI is InChI=1S/C17H24O5/c1-20-11-12-9-13(10-14(21-2)15(12)22-3)17(16(18)19)7-5-4-6-8-17/h9-10H,4-8,11H2,1-3H3,(H,18,19). The SMILES string of the molecule is COCc1cc(C2(C(=O)O)CCCCC2)cc(OC)c1OC. The van der Waals surface area contributed by atoms with E-state index in [-0.39, 0.29) is 0 Å². The van der Waals surface area contributed by atoms with Crippen LogP contribution >= 0.6 is 0 Å². The zero-order valence-corrected chi connectivity index (χ0v) is 13.5. The number of hydrogen-bond acceptors (Lipinski definition) is 4. The smallest absolute Gasteiger partial charge is 0.314 e. The summed E-state index contributed by atoms with van der Waals surface area (Å²) in [5.41, 5.74) is 0.760. The molecule has 1 saturated carbocycles. The first kappa shape index (κ1) is 16.6. The summed E-state index contributed by atoms with van der Waals surface area (Å²) in [7, 11) is 4.74. The molecule has 0 saturated heterocycles. The van der Waals surface area contributed by atoms with Crippen LogP contribution in [0.4, 0.5) is 0 Å². The molecule has 1 N–H and O–H groups in total. The van der Waals surface area contributed by atoms with E-state index in [0.717, 1.165) is 30.4 Å². The number of carboxylic acid groups (broad SMARTS) is 1. The molecule has 1 fully saturated rings. The fourth-order valence-electron chi connectivity index (χ4n) is 3.36. The summed E-state index contributed by atoms with van der Waals surface area (Å²) in [6.07, 6.45) is 4.27. The minimum absolute atomic E-state index is 0.350. The Kier molecular flexibility index (Phi) is 5.29. The molecule has 1 aromatic carbocycles. The summed E-state index contributed by atoms with van der Waals surface area (Å²) in [5, 5.41) is 9.85. The molecule has 1 aromatic rings. The number of ether oxygens (including phenoxy) is 3. The summed E-state index contributed by atoms with van der Waals surface area (Å²) >= 11 is 0. The predicted octanol–water partition coefficient (Wildman–Crippen LogP) is 3.14. The van der Waals surface area contributed by atoms with Crippen molar-refractivity contribution in [1.29, 1.82) is 0 Å². The quantitative estimate of drug-likeness (QED) is 0.874. The van der Waals surface area contributed by atoms with Crippen molar-refractivity contribution in [2.45, 2.75) is 44.1 Å². The minimum Gasteiger partial charge on any atom is -0.493 e. The van der Waals surface area contributed by atoms with Gasteiger partial charge in [0.2, 0.25) is 0 Å². The molecule has 0 aromatic heterocycles. The first-order chi connectivity index (χ1) is 10.6. The van der Waals surface area contributed by atoms with E-state index in [1.165, 1.54) is 0 Å². The maximum absolute atomic E-state index is 12.0. The van der Waals surface area contributed by atoms with Crippen molar-refractivity contribution < 1.29 is 24.1 Å². The van der Waals surface area contributed by atoms with Crippen LogP contribution in [0.3, 0.4) is 0 Å². The van der Waals surface area contributed by atoms with Crippen LogP contribution in [0.2, 0.25) is 0 Å². The molecule has 0 aliphatic heterocycles. The van der Waals surface area contributed by atoms with E-state index < -0.39 is 11.4 Å². The molecule has 5 nitrogen and oxygen atoms in total. The van der Waals surface area contributed by atoms with Crippen molar-refractivity contribution in [3.8, 4) is 11.5 Å². The molecule has 0 spiro atoms. The highest BCUT2D eigenvalue weighted by atomic mass is 16.5. The van der Waals surface area contributed by atoms with Gasteiger partial charge in [-0.05, 0) is 30.5 Å².